The lowest BCUT2D eigenvalue weighted by molar-refractivity contribution is 0.0446. The van der Waals surface area contributed by atoms with E-state index in [2.05, 4.69) is 37.4 Å². The van der Waals surface area contributed by atoms with Gasteiger partial charge in [0.15, 0.2) is 0 Å². The molecule has 0 bridgehead atoms. The van der Waals surface area contributed by atoms with Crippen LogP contribution in [-0.2, 0) is 11.3 Å². The maximum absolute atomic E-state index is 5.40. The van der Waals surface area contributed by atoms with E-state index in [9.17, 15) is 0 Å². The zero-order valence-corrected chi connectivity index (χ0v) is 11.1. The summed E-state index contributed by atoms with van der Waals surface area (Å²) in [5.74, 6) is 0. The minimum absolute atomic E-state index is 0.220. The molecular weight excluding hydrogens is 214 g/mol. The van der Waals surface area contributed by atoms with Crippen molar-refractivity contribution in [3.63, 3.8) is 0 Å². The molecule has 0 unspecified atom stereocenters. The van der Waals surface area contributed by atoms with E-state index in [1.165, 1.54) is 5.56 Å². The van der Waals surface area contributed by atoms with Gasteiger partial charge in [0.2, 0.25) is 0 Å². The minimum atomic E-state index is 0.220. The van der Waals surface area contributed by atoms with Crippen LogP contribution in [0, 0.1) is 0 Å². The van der Waals surface area contributed by atoms with Gasteiger partial charge < -0.3 is 10.1 Å². The normalized spacial score (nSPS) is 19.8. The van der Waals surface area contributed by atoms with Gasteiger partial charge in [-0.3, -0.25) is 4.68 Å². The van der Waals surface area contributed by atoms with Crippen molar-refractivity contribution in [3.05, 3.63) is 18.0 Å². The molecule has 2 heterocycles. The molecule has 0 radical (unpaired) electrons. The van der Waals surface area contributed by atoms with E-state index in [4.69, 9.17) is 4.74 Å². The van der Waals surface area contributed by atoms with E-state index in [-0.39, 0.29) is 5.54 Å². The van der Waals surface area contributed by atoms with Crippen LogP contribution >= 0.6 is 0 Å². The highest BCUT2D eigenvalue weighted by molar-refractivity contribution is 5.05. The molecule has 2 rings (SSSR count). The molecule has 96 valence electrons. The summed E-state index contributed by atoms with van der Waals surface area (Å²) in [4.78, 5) is 0. The lowest BCUT2D eigenvalue weighted by atomic mass is 9.92. The third-order valence-electron chi connectivity index (χ3n) is 3.50. The van der Waals surface area contributed by atoms with Crippen LogP contribution < -0.4 is 5.32 Å². The molecule has 1 N–H and O–H groups in total. The molecule has 0 spiro atoms. The molecule has 0 aromatic carbocycles. The van der Waals surface area contributed by atoms with Gasteiger partial charge in [-0.25, -0.2) is 0 Å². The molecule has 4 heteroatoms. The molecular formula is C13H23N3O. The van der Waals surface area contributed by atoms with Crippen LogP contribution in [0.1, 0.15) is 45.2 Å². The second-order valence-electron chi connectivity index (χ2n) is 5.45. The van der Waals surface area contributed by atoms with Crippen molar-refractivity contribution in [2.75, 3.05) is 13.2 Å². The van der Waals surface area contributed by atoms with Gasteiger partial charge in [0, 0.05) is 43.1 Å². The first-order chi connectivity index (χ1) is 8.09. The second kappa shape index (κ2) is 5.19. The number of nitrogens with one attached hydrogen (secondary N) is 1. The monoisotopic (exact) mass is 237 g/mol. The van der Waals surface area contributed by atoms with Gasteiger partial charge in [0.05, 0.1) is 6.20 Å². The molecule has 0 saturated carbocycles. The van der Waals surface area contributed by atoms with Crippen LogP contribution in [0.4, 0.5) is 0 Å². The first-order valence-corrected chi connectivity index (χ1v) is 6.45. The van der Waals surface area contributed by atoms with Crippen molar-refractivity contribution < 1.29 is 4.74 Å². The number of aromatic nitrogens is 2. The number of rotatable bonds is 4. The van der Waals surface area contributed by atoms with E-state index in [0.717, 1.165) is 32.6 Å². The summed E-state index contributed by atoms with van der Waals surface area (Å²) in [7, 11) is 0. The van der Waals surface area contributed by atoms with E-state index < -0.39 is 0 Å². The smallest absolute Gasteiger partial charge is 0.0534 e. The van der Waals surface area contributed by atoms with Gasteiger partial charge in [-0.15, -0.1) is 0 Å². The largest absolute Gasteiger partial charge is 0.381 e. The topological polar surface area (TPSA) is 39.1 Å². The zero-order valence-electron chi connectivity index (χ0n) is 11.1. The van der Waals surface area contributed by atoms with Gasteiger partial charge in [0.25, 0.3) is 0 Å². The predicted octanol–water partition coefficient (Wildman–Crippen LogP) is 2.12. The first kappa shape index (κ1) is 12.6. The van der Waals surface area contributed by atoms with Crippen molar-refractivity contribution in [3.8, 4) is 0 Å². The van der Waals surface area contributed by atoms with Crippen LogP contribution in [0.3, 0.4) is 0 Å². The third-order valence-corrected chi connectivity index (χ3v) is 3.50. The van der Waals surface area contributed by atoms with Crippen molar-refractivity contribution in [2.45, 2.75) is 51.7 Å². The average Bonchev–Trinajstić information content (AvgIpc) is 2.76. The van der Waals surface area contributed by atoms with Crippen LogP contribution in [0.15, 0.2) is 12.4 Å². The number of hydrogen-bond donors (Lipinski definition) is 1. The molecule has 0 amide bonds. The number of hydrogen-bond acceptors (Lipinski definition) is 3. The van der Waals surface area contributed by atoms with Crippen molar-refractivity contribution in [1.82, 2.24) is 15.1 Å². The molecule has 1 fully saturated rings. The van der Waals surface area contributed by atoms with Crippen LogP contribution in [-0.4, -0.2) is 28.5 Å². The van der Waals surface area contributed by atoms with Gasteiger partial charge in [-0.2, -0.15) is 5.10 Å². The summed E-state index contributed by atoms with van der Waals surface area (Å²) in [5.41, 5.74) is 1.48. The molecule has 1 saturated heterocycles. The highest BCUT2D eigenvalue weighted by atomic mass is 16.5. The summed E-state index contributed by atoms with van der Waals surface area (Å²) < 4.78 is 7.40. The molecule has 17 heavy (non-hydrogen) atoms. The van der Waals surface area contributed by atoms with Crippen LogP contribution in [0.25, 0.3) is 0 Å². The molecule has 1 aromatic rings. The predicted molar refractivity (Wildman–Crippen MR) is 67.9 cm³/mol. The Bertz CT molecular complexity index is 353. The van der Waals surface area contributed by atoms with Crippen molar-refractivity contribution in [1.29, 1.82) is 0 Å². The maximum Gasteiger partial charge on any atom is 0.0534 e. The molecule has 1 aliphatic rings. The maximum atomic E-state index is 5.40. The Labute approximate surface area is 103 Å². The lowest BCUT2D eigenvalue weighted by Gasteiger charge is -2.34. The minimum Gasteiger partial charge on any atom is -0.381 e. The zero-order chi connectivity index (χ0) is 12.3. The summed E-state index contributed by atoms with van der Waals surface area (Å²) in [6, 6.07) is 0.433. The van der Waals surface area contributed by atoms with Crippen molar-refractivity contribution >= 4 is 0 Å². The van der Waals surface area contributed by atoms with E-state index >= 15 is 0 Å². The average molecular weight is 237 g/mol. The second-order valence-corrected chi connectivity index (χ2v) is 5.45. The Hall–Kier alpha value is -0.870. The van der Waals surface area contributed by atoms with E-state index in [1.807, 2.05) is 10.9 Å². The highest BCUT2D eigenvalue weighted by Gasteiger charge is 2.26. The molecule has 0 atom stereocenters. The van der Waals surface area contributed by atoms with E-state index in [1.54, 1.807) is 0 Å². The quantitative estimate of drug-likeness (QED) is 0.872. The summed E-state index contributed by atoms with van der Waals surface area (Å²) in [5, 5.41) is 7.99. The standard InChI is InChI=1S/C13H23N3O/c1-11(2)16-10-12(9-15-16)8-14-13(3)4-6-17-7-5-13/h9-11,14H,4-8H2,1-3H3. The van der Waals surface area contributed by atoms with E-state index in [0.29, 0.717) is 6.04 Å². The summed E-state index contributed by atoms with van der Waals surface area (Å²) >= 11 is 0. The fraction of sp³-hybridized carbons (Fsp3) is 0.769. The Morgan fingerprint density at radius 3 is 2.76 bits per heavy atom. The Morgan fingerprint density at radius 2 is 2.18 bits per heavy atom. The molecule has 1 aliphatic heterocycles. The fourth-order valence-corrected chi connectivity index (χ4v) is 2.07. The summed E-state index contributed by atoms with van der Waals surface area (Å²) in [6.07, 6.45) is 6.26. The summed E-state index contributed by atoms with van der Waals surface area (Å²) in [6.45, 7) is 9.20. The van der Waals surface area contributed by atoms with Crippen molar-refractivity contribution in [2.24, 2.45) is 0 Å². The molecule has 0 aliphatic carbocycles. The fourth-order valence-electron chi connectivity index (χ4n) is 2.07. The SMILES string of the molecule is CC(C)n1cc(CNC2(C)CCOCC2)cn1. The van der Waals surface area contributed by atoms with Crippen LogP contribution in [0.2, 0.25) is 0 Å². The number of nitrogens with zero attached hydrogens (tertiary/aromatic N) is 2. The lowest BCUT2D eigenvalue weighted by Crippen LogP contribution is -2.46. The van der Waals surface area contributed by atoms with Gasteiger partial charge >= 0.3 is 0 Å². The Morgan fingerprint density at radius 1 is 1.47 bits per heavy atom. The first-order valence-electron chi connectivity index (χ1n) is 6.45. The number of ether oxygens (including phenoxy) is 1. The van der Waals surface area contributed by atoms with Gasteiger partial charge in [0.1, 0.15) is 0 Å². The van der Waals surface area contributed by atoms with Crippen LogP contribution in [0.5, 0.6) is 0 Å². The Balaban J connectivity index is 1.88. The highest BCUT2D eigenvalue weighted by Crippen LogP contribution is 2.20. The Kier molecular flexibility index (Phi) is 3.84. The molecule has 1 aromatic heterocycles. The van der Waals surface area contributed by atoms with Gasteiger partial charge in [-0.1, -0.05) is 0 Å². The molecule has 4 nitrogen and oxygen atoms in total. The van der Waals surface area contributed by atoms with Gasteiger partial charge in [-0.05, 0) is 33.6 Å². The third kappa shape index (κ3) is 3.30.